The lowest BCUT2D eigenvalue weighted by molar-refractivity contribution is -0.195. The van der Waals surface area contributed by atoms with Crippen molar-refractivity contribution in [1.29, 1.82) is 0 Å². The smallest absolute Gasteiger partial charge is 0.425 e. The van der Waals surface area contributed by atoms with Gasteiger partial charge in [-0.15, -0.1) is 0 Å². The number of alkyl halides is 3. The Morgan fingerprint density at radius 3 is 2.50 bits per heavy atom. The number of rotatable bonds is 1. The van der Waals surface area contributed by atoms with Crippen molar-refractivity contribution in [3.63, 3.8) is 0 Å². The molecule has 0 saturated heterocycles. The average Bonchev–Trinajstić information content (AvgIpc) is 2.36. The zero-order chi connectivity index (χ0) is 15.0. The van der Waals surface area contributed by atoms with E-state index in [1.807, 2.05) is 6.92 Å². The van der Waals surface area contributed by atoms with Crippen LogP contribution in [-0.2, 0) is 14.3 Å². The van der Waals surface area contributed by atoms with Crippen LogP contribution in [0.4, 0.5) is 13.2 Å². The maximum Gasteiger partial charge on any atom is 0.491 e. The minimum Gasteiger partial charge on any atom is -0.425 e. The molecule has 0 aromatic heterocycles. The Morgan fingerprint density at radius 1 is 1.35 bits per heavy atom. The summed E-state index contributed by atoms with van der Waals surface area (Å²) >= 11 is 0. The number of carbonyl (C=O) groups is 2. The lowest BCUT2D eigenvalue weighted by atomic mass is 9.68. The van der Waals surface area contributed by atoms with Gasteiger partial charge in [0.1, 0.15) is 5.76 Å². The van der Waals surface area contributed by atoms with Gasteiger partial charge in [-0.1, -0.05) is 19.1 Å². The maximum absolute atomic E-state index is 12.2. The molecule has 0 bridgehead atoms. The van der Waals surface area contributed by atoms with Crippen molar-refractivity contribution in [2.75, 3.05) is 0 Å². The zero-order valence-electron chi connectivity index (χ0n) is 10.7. The van der Waals surface area contributed by atoms with Crippen LogP contribution in [0, 0.1) is 11.3 Å². The summed E-state index contributed by atoms with van der Waals surface area (Å²) in [5, 5.41) is 0. The molecule has 2 aliphatic rings. The minimum absolute atomic E-state index is 0.00549. The van der Waals surface area contributed by atoms with E-state index < -0.39 is 17.6 Å². The molecule has 6 heteroatoms. The zero-order valence-corrected chi connectivity index (χ0v) is 10.7. The van der Waals surface area contributed by atoms with Gasteiger partial charge in [-0.3, -0.25) is 4.79 Å². The van der Waals surface area contributed by atoms with Crippen LogP contribution in [0.1, 0.15) is 19.8 Å². The lowest BCUT2D eigenvalue weighted by Crippen LogP contribution is -2.31. The number of esters is 1. The molecule has 0 heterocycles. The molecule has 3 nitrogen and oxygen atoms in total. The van der Waals surface area contributed by atoms with E-state index in [2.05, 4.69) is 4.74 Å². The van der Waals surface area contributed by atoms with Crippen LogP contribution in [0.15, 0.2) is 36.1 Å². The average molecular weight is 286 g/mol. The molecular weight excluding hydrogens is 273 g/mol. The third-order valence-corrected chi connectivity index (χ3v) is 3.62. The van der Waals surface area contributed by atoms with Crippen molar-refractivity contribution < 1.29 is 27.5 Å². The minimum atomic E-state index is -5.01. The first-order valence-electron chi connectivity index (χ1n) is 6.16. The van der Waals surface area contributed by atoms with Gasteiger partial charge < -0.3 is 4.74 Å². The largest absolute Gasteiger partial charge is 0.491 e. The molecule has 0 radical (unpaired) electrons. The number of carbonyl (C=O) groups excluding carboxylic acids is 2. The van der Waals surface area contributed by atoms with Crippen molar-refractivity contribution >= 4 is 11.8 Å². The highest BCUT2D eigenvalue weighted by molar-refractivity contribution is 6.00. The fraction of sp³-hybridized carbons (Fsp3) is 0.429. The van der Waals surface area contributed by atoms with Crippen molar-refractivity contribution in [3.8, 4) is 0 Å². The first-order valence-corrected chi connectivity index (χ1v) is 6.16. The van der Waals surface area contributed by atoms with Crippen LogP contribution in [-0.4, -0.2) is 17.9 Å². The second kappa shape index (κ2) is 4.92. The predicted molar refractivity (Wildman–Crippen MR) is 64.3 cm³/mol. The Morgan fingerprint density at radius 2 is 1.95 bits per heavy atom. The summed E-state index contributed by atoms with van der Waals surface area (Å²) in [5.74, 6) is -2.28. The summed E-state index contributed by atoms with van der Waals surface area (Å²) in [6, 6.07) is 0. The Hall–Kier alpha value is -1.85. The number of ether oxygens (including phenoxy) is 1. The van der Waals surface area contributed by atoms with Crippen LogP contribution in [0.2, 0.25) is 0 Å². The number of halogens is 3. The van der Waals surface area contributed by atoms with E-state index in [-0.39, 0.29) is 23.9 Å². The Labute approximate surface area is 113 Å². The van der Waals surface area contributed by atoms with E-state index in [1.165, 1.54) is 18.2 Å². The Kier molecular flexibility index (Phi) is 3.58. The van der Waals surface area contributed by atoms with Crippen LogP contribution < -0.4 is 0 Å². The van der Waals surface area contributed by atoms with E-state index in [4.69, 9.17) is 0 Å². The fourth-order valence-corrected chi connectivity index (χ4v) is 2.35. The molecule has 20 heavy (non-hydrogen) atoms. The predicted octanol–water partition coefficient (Wildman–Crippen LogP) is 3.09. The summed E-state index contributed by atoms with van der Waals surface area (Å²) in [5.41, 5.74) is -0.659. The van der Waals surface area contributed by atoms with Gasteiger partial charge in [-0.2, -0.15) is 13.2 Å². The standard InChI is InChI=1S/C14H13F3O3/c1-9-2-3-11(20-12(19)14(15,16)17)8-13(9)6-4-10(18)5-7-13/h4-9H,2-3H2,1H3. The van der Waals surface area contributed by atoms with Crippen molar-refractivity contribution in [2.24, 2.45) is 11.3 Å². The van der Waals surface area contributed by atoms with Gasteiger partial charge in [0.25, 0.3) is 0 Å². The second-order valence-corrected chi connectivity index (χ2v) is 5.01. The van der Waals surface area contributed by atoms with Crippen molar-refractivity contribution in [1.82, 2.24) is 0 Å². The summed E-state index contributed by atoms with van der Waals surface area (Å²) in [7, 11) is 0. The number of ketones is 1. The van der Waals surface area contributed by atoms with Gasteiger partial charge in [-0.25, -0.2) is 4.79 Å². The molecule has 108 valence electrons. The van der Waals surface area contributed by atoms with E-state index >= 15 is 0 Å². The summed E-state index contributed by atoms with van der Waals surface area (Å²) in [6.45, 7) is 1.93. The molecule has 2 aliphatic carbocycles. The van der Waals surface area contributed by atoms with Gasteiger partial charge in [0.05, 0.1) is 0 Å². The van der Waals surface area contributed by atoms with Gasteiger partial charge >= 0.3 is 12.1 Å². The summed E-state index contributed by atoms with van der Waals surface area (Å²) < 4.78 is 41.0. The fourth-order valence-electron chi connectivity index (χ4n) is 2.35. The number of allylic oxidation sites excluding steroid dienone is 6. The van der Waals surface area contributed by atoms with E-state index in [9.17, 15) is 22.8 Å². The molecule has 0 amide bonds. The topological polar surface area (TPSA) is 43.4 Å². The molecule has 1 spiro atoms. The first kappa shape index (κ1) is 14.6. The first-order chi connectivity index (χ1) is 9.23. The highest BCUT2D eigenvalue weighted by Crippen LogP contribution is 2.43. The van der Waals surface area contributed by atoms with Gasteiger partial charge in [-0.05, 0) is 30.6 Å². The summed E-state index contributed by atoms with van der Waals surface area (Å²) in [4.78, 5) is 22.0. The molecule has 0 fully saturated rings. The monoisotopic (exact) mass is 286 g/mol. The molecule has 0 N–H and O–H groups in total. The molecule has 0 aliphatic heterocycles. The van der Waals surface area contributed by atoms with E-state index in [0.29, 0.717) is 6.42 Å². The quantitative estimate of drug-likeness (QED) is 0.696. The number of hydrogen-bond acceptors (Lipinski definition) is 3. The summed E-state index contributed by atoms with van der Waals surface area (Å²) in [6.07, 6.45) is 3.35. The van der Waals surface area contributed by atoms with E-state index in [0.717, 1.165) is 0 Å². The van der Waals surface area contributed by atoms with Gasteiger partial charge in [0.15, 0.2) is 5.78 Å². The highest BCUT2D eigenvalue weighted by Gasteiger charge is 2.43. The molecule has 0 aromatic carbocycles. The molecule has 1 atom stereocenters. The van der Waals surface area contributed by atoms with Crippen LogP contribution in [0.3, 0.4) is 0 Å². The molecule has 0 aromatic rings. The van der Waals surface area contributed by atoms with Gasteiger partial charge in [0, 0.05) is 11.8 Å². The van der Waals surface area contributed by atoms with Crippen LogP contribution in [0.25, 0.3) is 0 Å². The SMILES string of the molecule is CC1CCC(OC(=O)C(F)(F)F)=CC12C=CC(=O)C=C2. The molecule has 1 unspecified atom stereocenters. The normalized spacial score (nSPS) is 24.7. The van der Waals surface area contributed by atoms with Crippen molar-refractivity contribution in [3.05, 3.63) is 36.1 Å². The molecule has 0 saturated carbocycles. The van der Waals surface area contributed by atoms with Crippen LogP contribution >= 0.6 is 0 Å². The molecular formula is C14H13F3O3. The van der Waals surface area contributed by atoms with Crippen molar-refractivity contribution in [2.45, 2.75) is 25.9 Å². The Balaban J connectivity index is 2.24. The third-order valence-electron chi connectivity index (χ3n) is 3.62. The van der Waals surface area contributed by atoms with Crippen LogP contribution in [0.5, 0.6) is 0 Å². The van der Waals surface area contributed by atoms with Gasteiger partial charge in [0.2, 0.25) is 0 Å². The molecule has 2 rings (SSSR count). The Bertz CT molecular complexity index is 510. The highest BCUT2D eigenvalue weighted by atomic mass is 19.4. The number of hydrogen-bond donors (Lipinski definition) is 0. The third kappa shape index (κ3) is 2.84. The maximum atomic E-state index is 12.2. The lowest BCUT2D eigenvalue weighted by Gasteiger charge is -2.36. The second-order valence-electron chi connectivity index (χ2n) is 5.01. The van der Waals surface area contributed by atoms with E-state index in [1.54, 1.807) is 12.2 Å².